The van der Waals surface area contributed by atoms with E-state index >= 15 is 0 Å². The van der Waals surface area contributed by atoms with Crippen molar-refractivity contribution in [1.82, 2.24) is 14.8 Å². The molecule has 0 aliphatic carbocycles. The van der Waals surface area contributed by atoms with Crippen LogP contribution in [0.25, 0.3) is 0 Å². The smallest absolute Gasteiger partial charge is 0.272 e. The molecule has 2 aromatic rings. The number of rotatable bonds is 4. The van der Waals surface area contributed by atoms with E-state index in [0.717, 1.165) is 47.4 Å². The third-order valence-corrected chi connectivity index (χ3v) is 6.04. The molecule has 0 unspecified atom stereocenters. The van der Waals surface area contributed by atoms with Crippen LogP contribution in [0.15, 0.2) is 41.3 Å². The second kappa shape index (κ2) is 8.21. The lowest BCUT2D eigenvalue weighted by molar-refractivity contribution is 0.0658. The van der Waals surface area contributed by atoms with Gasteiger partial charge in [-0.15, -0.1) is 11.8 Å². The molecule has 0 bridgehead atoms. The number of carbonyl (C=O) groups is 1. The lowest BCUT2D eigenvalue weighted by Gasteiger charge is -2.32. The molecular formula is C19H22ClN3OS. The van der Waals surface area contributed by atoms with Crippen molar-refractivity contribution in [3.8, 4) is 0 Å². The standard InChI is InChI=1S/C19H22ClN3OS/c1-14-5-3-7-16(20)18(14)25-13-15-6-4-8-17(21-15)19(24)23-11-9-22(2)10-12-23/h3-8H,9-13H2,1-2H3. The molecule has 1 amide bonds. The Morgan fingerprint density at radius 2 is 1.88 bits per heavy atom. The first-order valence-corrected chi connectivity index (χ1v) is 9.72. The summed E-state index contributed by atoms with van der Waals surface area (Å²) in [4.78, 5) is 22.4. The minimum absolute atomic E-state index is 0.0221. The van der Waals surface area contributed by atoms with Crippen molar-refractivity contribution in [2.24, 2.45) is 0 Å². The molecular weight excluding hydrogens is 354 g/mol. The number of aryl methyl sites for hydroxylation is 1. The number of carbonyl (C=O) groups excluding carboxylic acids is 1. The molecule has 0 spiro atoms. The first kappa shape index (κ1) is 18.2. The SMILES string of the molecule is Cc1cccc(Cl)c1SCc1cccc(C(=O)N2CCN(C)CC2)n1. The number of pyridine rings is 1. The van der Waals surface area contributed by atoms with Crippen LogP contribution >= 0.6 is 23.4 Å². The third-order valence-electron chi connectivity index (χ3n) is 4.34. The summed E-state index contributed by atoms with van der Waals surface area (Å²) in [6.07, 6.45) is 0. The summed E-state index contributed by atoms with van der Waals surface area (Å²) < 4.78 is 0. The summed E-state index contributed by atoms with van der Waals surface area (Å²) in [5.41, 5.74) is 2.57. The molecule has 3 rings (SSSR count). The first-order valence-electron chi connectivity index (χ1n) is 8.36. The van der Waals surface area contributed by atoms with Crippen molar-refractivity contribution in [2.45, 2.75) is 17.6 Å². The molecule has 4 nitrogen and oxygen atoms in total. The van der Waals surface area contributed by atoms with Crippen molar-refractivity contribution >= 4 is 29.3 Å². The topological polar surface area (TPSA) is 36.4 Å². The highest BCUT2D eigenvalue weighted by molar-refractivity contribution is 7.98. The number of amides is 1. The Morgan fingerprint density at radius 1 is 1.16 bits per heavy atom. The van der Waals surface area contributed by atoms with E-state index in [9.17, 15) is 4.79 Å². The number of likely N-dealkylation sites (N-methyl/N-ethyl adjacent to an activating group) is 1. The Balaban J connectivity index is 1.68. The van der Waals surface area contributed by atoms with Crippen molar-refractivity contribution in [1.29, 1.82) is 0 Å². The number of thioether (sulfide) groups is 1. The number of halogens is 1. The molecule has 1 fully saturated rings. The maximum atomic E-state index is 12.7. The number of piperazine rings is 1. The summed E-state index contributed by atoms with van der Waals surface area (Å²) in [7, 11) is 2.08. The van der Waals surface area contributed by atoms with Crippen LogP contribution in [0.1, 0.15) is 21.7 Å². The van der Waals surface area contributed by atoms with E-state index < -0.39 is 0 Å². The molecule has 1 aliphatic rings. The Morgan fingerprint density at radius 3 is 2.60 bits per heavy atom. The zero-order chi connectivity index (χ0) is 17.8. The molecule has 0 radical (unpaired) electrons. The summed E-state index contributed by atoms with van der Waals surface area (Å²) in [5.74, 6) is 0.711. The Kier molecular flexibility index (Phi) is 5.99. The fraction of sp³-hybridized carbons (Fsp3) is 0.368. The zero-order valence-electron chi connectivity index (χ0n) is 14.5. The highest BCUT2D eigenvalue weighted by Crippen LogP contribution is 2.32. The average molecular weight is 376 g/mol. The zero-order valence-corrected chi connectivity index (χ0v) is 16.1. The van der Waals surface area contributed by atoms with Gasteiger partial charge in [0.15, 0.2) is 0 Å². The molecule has 132 valence electrons. The minimum atomic E-state index is 0.0221. The van der Waals surface area contributed by atoms with Gasteiger partial charge in [-0.25, -0.2) is 4.98 Å². The quantitative estimate of drug-likeness (QED) is 0.763. The van der Waals surface area contributed by atoms with E-state index in [1.807, 2.05) is 29.2 Å². The van der Waals surface area contributed by atoms with E-state index in [4.69, 9.17) is 11.6 Å². The number of benzene rings is 1. The number of hydrogen-bond donors (Lipinski definition) is 0. The van der Waals surface area contributed by atoms with Gasteiger partial charge in [0, 0.05) is 36.8 Å². The van der Waals surface area contributed by atoms with Gasteiger partial charge in [0.25, 0.3) is 5.91 Å². The van der Waals surface area contributed by atoms with Gasteiger partial charge >= 0.3 is 0 Å². The Bertz CT molecular complexity index is 740. The van der Waals surface area contributed by atoms with E-state index in [1.165, 1.54) is 0 Å². The summed E-state index contributed by atoms with van der Waals surface area (Å²) in [6, 6.07) is 11.6. The van der Waals surface area contributed by atoms with Crippen LogP contribution in [0.3, 0.4) is 0 Å². The molecule has 0 atom stereocenters. The van der Waals surface area contributed by atoms with Gasteiger partial charge in [0.1, 0.15) is 5.69 Å². The molecule has 25 heavy (non-hydrogen) atoms. The molecule has 1 aliphatic heterocycles. The molecule has 2 heterocycles. The monoisotopic (exact) mass is 375 g/mol. The van der Waals surface area contributed by atoms with Crippen LogP contribution in [0.2, 0.25) is 5.02 Å². The number of hydrogen-bond acceptors (Lipinski definition) is 4. The minimum Gasteiger partial charge on any atom is -0.335 e. The van der Waals surface area contributed by atoms with Gasteiger partial charge in [0.05, 0.1) is 10.7 Å². The van der Waals surface area contributed by atoms with Crippen LogP contribution in [-0.4, -0.2) is 53.9 Å². The number of nitrogens with zero attached hydrogens (tertiary/aromatic N) is 3. The summed E-state index contributed by atoms with van der Waals surface area (Å²) in [5, 5.41) is 0.759. The van der Waals surface area contributed by atoms with E-state index in [0.29, 0.717) is 11.4 Å². The summed E-state index contributed by atoms with van der Waals surface area (Å²) in [6.45, 7) is 5.39. The van der Waals surface area contributed by atoms with Gasteiger partial charge in [-0.3, -0.25) is 4.79 Å². The maximum absolute atomic E-state index is 12.7. The van der Waals surface area contributed by atoms with Gasteiger partial charge in [-0.05, 0) is 37.7 Å². The van der Waals surface area contributed by atoms with Gasteiger partial charge < -0.3 is 9.80 Å². The van der Waals surface area contributed by atoms with E-state index in [2.05, 4.69) is 29.9 Å². The van der Waals surface area contributed by atoms with Crippen molar-refractivity contribution in [3.05, 3.63) is 58.4 Å². The second-order valence-electron chi connectivity index (χ2n) is 6.28. The van der Waals surface area contributed by atoms with Crippen LogP contribution in [0, 0.1) is 6.92 Å². The summed E-state index contributed by atoms with van der Waals surface area (Å²) >= 11 is 7.94. The molecule has 0 N–H and O–H groups in total. The van der Waals surface area contributed by atoms with Crippen molar-refractivity contribution < 1.29 is 4.79 Å². The van der Waals surface area contributed by atoms with Gasteiger partial charge in [-0.1, -0.05) is 29.8 Å². The fourth-order valence-electron chi connectivity index (χ4n) is 2.80. The average Bonchev–Trinajstić information content (AvgIpc) is 2.62. The highest BCUT2D eigenvalue weighted by atomic mass is 35.5. The van der Waals surface area contributed by atoms with Gasteiger partial charge in [0.2, 0.25) is 0 Å². The molecule has 1 aromatic heterocycles. The molecule has 0 saturated carbocycles. The van der Waals surface area contributed by atoms with Gasteiger partial charge in [-0.2, -0.15) is 0 Å². The Labute approximate surface area is 158 Å². The lowest BCUT2D eigenvalue weighted by atomic mass is 10.2. The van der Waals surface area contributed by atoms with E-state index in [1.54, 1.807) is 17.8 Å². The maximum Gasteiger partial charge on any atom is 0.272 e. The van der Waals surface area contributed by atoms with Crippen LogP contribution in [0.5, 0.6) is 0 Å². The third kappa shape index (κ3) is 4.54. The highest BCUT2D eigenvalue weighted by Gasteiger charge is 2.21. The molecule has 1 aromatic carbocycles. The fourth-order valence-corrected chi connectivity index (χ4v) is 4.14. The van der Waals surface area contributed by atoms with Crippen molar-refractivity contribution in [3.63, 3.8) is 0 Å². The normalized spacial score (nSPS) is 15.4. The van der Waals surface area contributed by atoms with E-state index in [-0.39, 0.29) is 5.91 Å². The lowest BCUT2D eigenvalue weighted by Crippen LogP contribution is -2.47. The second-order valence-corrected chi connectivity index (χ2v) is 7.68. The molecule has 6 heteroatoms. The van der Waals surface area contributed by atoms with Crippen LogP contribution < -0.4 is 0 Å². The van der Waals surface area contributed by atoms with Crippen molar-refractivity contribution in [2.75, 3.05) is 33.2 Å². The number of aromatic nitrogens is 1. The van der Waals surface area contributed by atoms with Crippen LogP contribution in [0.4, 0.5) is 0 Å². The van der Waals surface area contributed by atoms with Crippen LogP contribution in [-0.2, 0) is 5.75 Å². The first-order chi connectivity index (χ1) is 12.0. The Hall–Kier alpha value is -1.56. The predicted molar refractivity (Wildman–Crippen MR) is 103 cm³/mol. The molecule has 1 saturated heterocycles. The predicted octanol–water partition coefficient (Wildman–Crippen LogP) is 3.72. The largest absolute Gasteiger partial charge is 0.335 e.